The van der Waals surface area contributed by atoms with Crippen LogP contribution >= 0.6 is 0 Å². The summed E-state index contributed by atoms with van der Waals surface area (Å²) in [5.74, 6) is -0.0546. The van der Waals surface area contributed by atoms with Gasteiger partial charge in [0.25, 0.3) is 0 Å². The summed E-state index contributed by atoms with van der Waals surface area (Å²) >= 11 is 0. The highest BCUT2D eigenvalue weighted by Crippen LogP contribution is 2.44. The number of hydrogen-bond donors (Lipinski definition) is 1. The molecule has 2 aliphatic rings. The van der Waals surface area contributed by atoms with Gasteiger partial charge in [0.05, 0.1) is 12.0 Å². The molecule has 0 radical (unpaired) electrons. The Morgan fingerprint density at radius 2 is 2.13 bits per heavy atom. The van der Waals surface area contributed by atoms with Crippen LogP contribution < -0.4 is 5.73 Å². The molecule has 2 aliphatic heterocycles. The Balaban J connectivity index is 1.66. The van der Waals surface area contributed by atoms with Crippen LogP contribution in [0.2, 0.25) is 0 Å². The zero-order valence-corrected chi connectivity index (χ0v) is 13.6. The molecule has 124 valence electrons. The summed E-state index contributed by atoms with van der Waals surface area (Å²) in [5.41, 5.74) is 6.03. The van der Waals surface area contributed by atoms with E-state index >= 15 is 0 Å². The van der Waals surface area contributed by atoms with Crippen LogP contribution in [0.1, 0.15) is 25.0 Å². The lowest BCUT2D eigenvalue weighted by Crippen LogP contribution is -2.46. The van der Waals surface area contributed by atoms with Crippen molar-refractivity contribution < 1.29 is 9.59 Å². The van der Waals surface area contributed by atoms with Gasteiger partial charge in [-0.1, -0.05) is 6.07 Å². The first kappa shape index (κ1) is 15.9. The number of amides is 2. The topological polar surface area (TPSA) is 79.5 Å². The van der Waals surface area contributed by atoms with Gasteiger partial charge in [-0.2, -0.15) is 0 Å². The van der Waals surface area contributed by atoms with Crippen molar-refractivity contribution in [2.75, 3.05) is 26.7 Å². The third-order valence-corrected chi connectivity index (χ3v) is 5.31. The Morgan fingerprint density at radius 1 is 1.39 bits per heavy atom. The molecule has 2 fully saturated rings. The van der Waals surface area contributed by atoms with Gasteiger partial charge in [0, 0.05) is 31.4 Å². The maximum atomic E-state index is 12.8. The van der Waals surface area contributed by atoms with Gasteiger partial charge >= 0.3 is 0 Å². The van der Waals surface area contributed by atoms with Gasteiger partial charge in [0.15, 0.2) is 0 Å². The summed E-state index contributed by atoms with van der Waals surface area (Å²) in [7, 11) is 1.90. The number of piperidine rings is 1. The first-order valence-electron chi connectivity index (χ1n) is 8.18. The second kappa shape index (κ2) is 6.28. The molecule has 3 rings (SSSR count). The molecule has 1 spiro atoms. The minimum atomic E-state index is -0.302. The van der Waals surface area contributed by atoms with Crippen LogP contribution in [-0.4, -0.2) is 59.3 Å². The molecule has 23 heavy (non-hydrogen) atoms. The highest BCUT2D eigenvalue weighted by atomic mass is 16.2. The molecular weight excluding hydrogens is 292 g/mol. The first-order valence-corrected chi connectivity index (χ1v) is 8.18. The molecular formula is C17H24N4O2. The first-order chi connectivity index (χ1) is 11.0. The van der Waals surface area contributed by atoms with Gasteiger partial charge in [0.1, 0.15) is 0 Å². The molecule has 2 saturated heterocycles. The Kier molecular flexibility index (Phi) is 4.35. The number of carbonyl (C=O) groups is 2. The Bertz CT molecular complexity index is 582. The second-order valence-electron chi connectivity index (χ2n) is 6.82. The van der Waals surface area contributed by atoms with Crippen molar-refractivity contribution in [1.29, 1.82) is 0 Å². The van der Waals surface area contributed by atoms with Crippen molar-refractivity contribution >= 4 is 11.8 Å². The van der Waals surface area contributed by atoms with Crippen molar-refractivity contribution in [2.24, 2.45) is 11.1 Å². The van der Waals surface area contributed by atoms with E-state index < -0.39 is 0 Å². The SMILES string of the molecule is CN1C(=O)C2(CCN(CC(N)=O)CC2)CC1Cc1ccccn1. The number of nitrogens with two attached hydrogens (primary N) is 1. The fourth-order valence-electron chi connectivity index (χ4n) is 3.96. The molecule has 1 aromatic heterocycles. The number of likely N-dealkylation sites (tertiary alicyclic amines) is 2. The molecule has 2 amide bonds. The van der Waals surface area contributed by atoms with E-state index in [9.17, 15) is 9.59 Å². The van der Waals surface area contributed by atoms with Crippen LogP contribution in [0.3, 0.4) is 0 Å². The monoisotopic (exact) mass is 316 g/mol. The summed E-state index contributed by atoms with van der Waals surface area (Å²) in [6.45, 7) is 1.81. The maximum Gasteiger partial charge on any atom is 0.231 e. The lowest BCUT2D eigenvalue weighted by Gasteiger charge is -2.37. The second-order valence-corrected chi connectivity index (χ2v) is 6.82. The van der Waals surface area contributed by atoms with Gasteiger partial charge < -0.3 is 10.6 Å². The number of hydrogen-bond acceptors (Lipinski definition) is 4. The molecule has 2 N–H and O–H groups in total. The van der Waals surface area contributed by atoms with Crippen LogP contribution in [0.4, 0.5) is 0 Å². The van der Waals surface area contributed by atoms with Crippen molar-refractivity contribution in [3.8, 4) is 0 Å². The van der Waals surface area contributed by atoms with E-state index in [-0.39, 0.29) is 29.8 Å². The van der Waals surface area contributed by atoms with Crippen molar-refractivity contribution in [2.45, 2.75) is 31.7 Å². The van der Waals surface area contributed by atoms with Crippen molar-refractivity contribution in [3.63, 3.8) is 0 Å². The van der Waals surface area contributed by atoms with E-state index in [0.29, 0.717) is 0 Å². The van der Waals surface area contributed by atoms with Gasteiger partial charge in [-0.15, -0.1) is 0 Å². The molecule has 3 heterocycles. The number of carbonyl (C=O) groups excluding carboxylic acids is 2. The third-order valence-electron chi connectivity index (χ3n) is 5.31. The number of rotatable bonds is 4. The molecule has 0 bridgehead atoms. The molecule has 1 atom stereocenters. The van der Waals surface area contributed by atoms with Crippen molar-refractivity contribution in [3.05, 3.63) is 30.1 Å². The number of aromatic nitrogens is 1. The fourth-order valence-corrected chi connectivity index (χ4v) is 3.96. The van der Waals surface area contributed by atoms with E-state index in [1.807, 2.05) is 35.0 Å². The predicted molar refractivity (Wildman–Crippen MR) is 86.4 cm³/mol. The smallest absolute Gasteiger partial charge is 0.231 e. The average Bonchev–Trinajstić information content (AvgIpc) is 2.76. The summed E-state index contributed by atoms with van der Waals surface area (Å²) < 4.78 is 0. The zero-order valence-electron chi connectivity index (χ0n) is 13.6. The lowest BCUT2D eigenvalue weighted by atomic mass is 9.75. The minimum Gasteiger partial charge on any atom is -0.369 e. The van der Waals surface area contributed by atoms with Crippen LogP contribution in [0.15, 0.2) is 24.4 Å². The largest absolute Gasteiger partial charge is 0.369 e. The van der Waals surface area contributed by atoms with Gasteiger partial charge in [-0.25, -0.2) is 0 Å². The quantitative estimate of drug-likeness (QED) is 0.873. The molecule has 0 aliphatic carbocycles. The maximum absolute atomic E-state index is 12.8. The predicted octanol–water partition coefficient (Wildman–Crippen LogP) is 0.422. The molecule has 1 unspecified atom stereocenters. The molecule has 0 aromatic carbocycles. The normalized spacial score (nSPS) is 24.3. The summed E-state index contributed by atoms with van der Waals surface area (Å²) in [6.07, 6.45) is 5.09. The molecule has 6 heteroatoms. The van der Waals surface area contributed by atoms with Gasteiger partial charge in [-0.05, 0) is 44.5 Å². The number of primary amides is 1. The lowest BCUT2D eigenvalue weighted by molar-refractivity contribution is -0.138. The number of pyridine rings is 1. The van der Waals surface area contributed by atoms with Gasteiger partial charge in [0.2, 0.25) is 11.8 Å². The summed E-state index contributed by atoms with van der Waals surface area (Å²) in [4.78, 5) is 32.2. The van der Waals surface area contributed by atoms with Crippen LogP contribution in [0.5, 0.6) is 0 Å². The van der Waals surface area contributed by atoms with Crippen LogP contribution in [0, 0.1) is 5.41 Å². The Hall–Kier alpha value is -1.95. The standard InChI is InChI=1S/C17H24N4O2/c1-20-14(10-13-4-2-3-7-19-13)11-17(16(20)23)5-8-21(9-6-17)12-15(18)22/h2-4,7,14H,5-6,8-12H2,1H3,(H2,18,22). The van der Waals surface area contributed by atoms with E-state index in [4.69, 9.17) is 5.73 Å². The third kappa shape index (κ3) is 3.22. The van der Waals surface area contributed by atoms with Gasteiger partial charge in [-0.3, -0.25) is 19.5 Å². The number of likely N-dealkylation sites (N-methyl/N-ethyl adjacent to an activating group) is 1. The van der Waals surface area contributed by atoms with Crippen molar-refractivity contribution in [1.82, 2.24) is 14.8 Å². The zero-order chi connectivity index (χ0) is 16.4. The Morgan fingerprint density at radius 3 is 2.74 bits per heavy atom. The van der Waals surface area contributed by atoms with E-state index in [2.05, 4.69) is 4.98 Å². The number of nitrogens with zero attached hydrogens (tertiary/aromatic N) is 3. The minimum absolute atomic E-state index is 0.208. The van der Waals surface area contributed by atoms with E-state index in [1.165, 1.54) is 0 Å². The average molecular weight is 316 g/mol. The highest BCUT2D eigenvalue weighted by Gasteiger charge is 2.51. The Labute approximate surface area is 136 Å². The summed E-state index contributed by atoms with van der Waals surface area (Å²) in [6, 6.07) is 6.11. The fraction of sp³-hybridized carbons (Fsp3) is 0.588. The van der Waals surface area contributed by atoms with E-state index in [0.717, 1.165) is 44.5 Å². The molecule has 6 nitrogen and oxygen atoms in total. The van der Waals surface area contributed by atoms with E-state index in [1.54, 1.807) is 6.20 Å². The molecule has 1 aromatic rings. The highest BCUT2D eigenvalue weighted by molar-refractivity contribution is 5.85. The molecule has 0 saturated carbocycles. The van der Waals surface area contributed by atoms with Crippen LogP contribution in [0.25, 0.3) is 0 Å². The van der Waals surface area contributed by atoms with Crippen LogP contribution in [-0.2, 0) is 16.0 Å². The summed E-state index contributed by atoms with van der Waals surface area (Å²) in [5, 5.41) is 0.